The largest absolute Gasteiger partial charge is 0.361 e. The van der Waals surface area contributed by atoms with Crippen molar-refractivity contribution in [3.63, 3.8) is 0 Å². The lowest BCUT2D eigenvalue weighted by atomic mass is 9.80. The molecule has 49 heavy (non-hydrogen) atoms. The van der Waals surface area contributed by atoms with Crippen LogP contribution in [0.1, 0.15) is 78.3 Å². The second-order valence-electron chi connectivity index (χ2n) is 12.7. The Kier molecular flexibility index (Phi) is 12.2. The first-order valence-corrected chi connectivity index (χ1v) is 17.9. The summed E-state index contributed by atoms with van der Waals surface area (Å²) in [6, 6.07) is 64.0. The van der Waals surface area contributed by atoms with E-state index in [9.17, 15) is 0 Å². The highest BCUT2D eigenvalue weighted by Crippen LogP contribution is 2.42. The fraction of sp³-hybridized carbons (Fsp3) is 0.234. The first kappa shape index (κ1) is 34.1. The molecule has 0 unspecified atom stereocenters. The van der Waals surface area contributed by atoms with Crippen LogP contribution in [-0.4, -0.2) is 13.2 Å². The van der Waals surface area contributed by atoms with Crippen LogP contribution in [0.15, 0.2) is 182 Å². The molecular formula is C47H48O2. The van der Waals surface area contributed by atoms with Crippen LogP contribution < -0.4 is 0 Å². The molecule has 0 aliphatic carbocycles. The minimum absolute atomic E-state index is 0.641. The van der Waals surface area contributed by atoms with Gasteiger partial charge in [0.25, 0.3) is 0 Å². The molecule has 0 amide bonds. The first-order valence-electron chi connectivity index (χ1n) is 17.9. The number of ether oxygens (including phenoxy) is 2. The van der Waals surface area contributed by atoms with E-state index in [-0.39, 0.29) is 0 Å². The van der Waals surface area contributed by atoms with E-state index in [2.05, 4.69) is 182 Å². The van der Waals surface area contributed by atoms with E-state index in [0.29, 0.717) is 13.2 Å². The van der Waals surface area contributed by atoms with E-state index < -0.39 is 11.2 Å². The van der Waals surface area contributed by atoms with Crippen molar-refractivity contribution < 1.29 is 9.47 Å². The Morgan fingerprint density at radius 2 is 0.429 bits per heavy atom. The average Bonchev–Trinajstić information content (AvgIpc) is 3.19. The van der Waals surface area contributed by atoms with Crippen LogP contribution >= 0.6 is 0 Å². The highest BCUT2D eigenvalue weighted by Gasteiger charge is 2.38. The summed E-state index contributed by atoms with van der Waals surface area (Å²) < 4.78 is 13.9. The Hall–Kier alpha value is -4.76. The molecule has 0 aromatic heterocycles. The number of unbranched alkanes of at least 4 members (excludes halogenated alkanes) is 6. The zero-order chi connectivity index (χ0) is 33.5. The third-order valence-corrected chi connectivity index (χ3v) is 9.51. The van der Waals surface area contributed by atoms with Crippen molar-refractivity contribution in [2.24, 2.45) is 0 Å². The van der Waals surface area contributed by atoms with Gasteiger partial charge in [-0.05, 0) is 46.2 Å². The predicted molar refractivity (Wildman–Crippen MR) is 203 cm³/mol. The van der Waals surface area contributed by atoms with Gasteiger partial charge in [0.1, 0.15) is 11.2 Å². The van der Waals surface area contributed by atoms with Crippen LogP contribution in [0, 0.1) is 0 Å². The van der Waals surface area contributed by atoms with Crippen molar-refractivity contribution >= 4 is 0 Å². The average molecular weight is 645 g/mol. The predicted octanol–water partition coefficient (Wildman–Crippen LogP) is 11.7. The van der Waals surface area contributed by atoms with Gasteiger partial charge in [-0.2, -0.15) is 0 Å². The maximum Gasteiger partial charge on any atom is 0.143 e. The zero-order valence-corrected chi connectivity index (χ0v) is 28.5. The molecule has 6 rings (SSSR count). The van der Waals surface area contributed by atoms with Crippen molar-refractivity contribution in [2.75, 3.05) is 13.2 Å². The van der Waals surface area contributed by atoms with Crippen molar-refractivity contribution in [3.05, 3.63) is 215 Å². The van der Waals surface area contributed by atoms with Crippen LogP contribution in [0.4, 0.5) is 0 Å². The first-order chi connectivity index (χ1) is 24.3. The van der Waals surface area contributed by atoms with Crippen LogP contribution in [0.3, 0.4) is 0 Å². The van der Waals surface area contributed by atoms with Gasteiger partial charge in [0.15, 0.2) is 0 Å². The molecule has 0 saturated carbocycles. The summed E-state index contributed by atoms with van der Waals surface area (Å²) >= 11 is 0. The lowest BCUT2D eigenvalue weighted by Crippen LogP contribution is -2.33. The van der Waals surface area contributed by atoms with Crippen LogP contribution in [0.25, 0.3) is 0 Å². The van der Waals surface area contributed by atoms with E-state index >= 15 is 0 Å². The summed E-state index contributed by atoms with van der Waals surface area (Å²) in [7, 11) is 0. The van der Waals surface area contributed by atoms with Gasteiger partial charge >= 0.3 is 0 Å². The van der Waals surface area contributed by atoms with Crippen molar-refractivity contribution in [2.45, 2.75) is 56.1 Å². The van der Waals surface area contributed by atoms with Crippen molar-refractivity contribution in [1.82, 2.24) is 0 Å². The molecule has 0 aliphatic heterocycles. The number of rotatable bonds is 18. The molecule has 0 radical (unpaired) electrons. The molecular weight excluding hydrogens is 597 g/mol. The van der Waals surface area contributed by atoms with E-state index in [1.807, 2.05) is 0 Å². The van der Waals surface area contributed by atoms with Crippen molar-refractivity contribution in [3.8, 4) is 0 Å². The lowest BCUT2D eigenvalue weighted by Gasteiger charge is -2.36. The van der Waals surface area contributed by atoms with Gasteiger partial charge in [0.2, 0.25) is 0 Å². The fourth-order valence-electron chi connectivity index (χ4n) is 7.08. The zero-order valence-electron chi connectivity index (χ0n) is 28.5. The molecule has 0 atom stereocenters. The molecule has 6 aromatic carbocycles. The smallest absolute Gasteiger partial charge is 0.143 e. The molecule has 0 saturated heterocycles. The number of hydrogen-bond acceptors (Lipinski definition) is 2. The van der Waals surface area contributed by atoms with Gasteiger partial charge in [0, 0.05) is 13.2 Å². The second-order valence-corrected chi connectivity index (χ2v) is 12.7. The third-order valence-electron chi connectivity index (χ3n) is 9.51. The van der Waals surface area contributed by atoms with Gasteiger partial charge in [-0.3, -0.25) is 0 Å². The summed E-state index contributed by atoms with van der Waals surface area (Å²) in [5, 5.41) is 0. The van der Waals surface area contributed by atoms with Crippen LogP contribution in [0.2, 0.25) is 0 Å². The second kappa shape index (κ2) is 17.6. The fourth-order valence-corrected chi connectivity index (χ4v) is 7.08. The third kappa shape index (κ3) is 8.11. The van der Waals surface area contributed by atoms with Gasteiger partial charge in [-0.25, -0.2) is 0 Å². The van der Waals surface area contributed by atoms with Gasteiger partial charge in [-0.15, -0.1) is 0 Å². The van der Waals surface area contributed by atoms with Crippen LogP contribution in [-0.2, 0) is 20.7 Å². The normalized spacial score (nSPS) is 11.8. The Bertz CT molecular complexity index is 1430. The Morgan fingerprint density at radius 3 is 0.633 bits per heavy atom. The monoisotopic (exact) mass is 644 g/mol. The highest BCUT2D eigenvalue weighted by molar-refractivity contribution is 5.48. The molecule has 0 fully saturated rings. The van der Waals surface area contributed by atoms with Gasteiger partial charge < -0.3 is 9.47 Å². The minimum Gasteiger partial charge on any atom is -0.361 e. The SMILES string of the molecule is c1ccc(C(OCCCCCCCCCOC(c2ccccc2)(c2ccccc2)c2ccccc2)(c2ccccc2)c2ccccc2)cc1. The van der Waals surface area contributed by atoms with E-state index in [0.717, 1.165) is 59.1 Å². The van der Waals surface area contributed by atoms with E-state index in [1.165, 1.54) is 19.3 Å². The molecule has 2 heteroatoms. The molecule has 0 N–H and O–H groups in total. The molecule has 0 heterocycles. The molecule has 0 spiro atoms. The Morgan fingerprint density at radius 1 is 0.245 bits per heavy atom. The van der Waals surface area contributed by atoms with Gasteiger partial charge in [-0.1, -0.05) is 214 Å². The Balaban J connectivity index is 1.02. The Labute approximate surface area is 293 Å². The maximum absolute atomic E-state index is 6.97. The van der Waals surface area contributed by atoms with E-state index in [1.54, 1.807) is 0 Å². The summed E-state index contributed by atoms with van der Waals surface area (Å²) in [5.41, 5.74) is 5.67. The number of hydrogen-bond donors (Lipinski definition) is 0. The summed E-state index contributed by atoms with van der Waals surface area (Å²) in [6.45, 7) is 1.40. The highest BCUT2D eigenvalue weighted by atomic mass is 16.5. The van der Waals surface area contributed by atoms with Crippen LogP contribution in [0.5, 0.6) is 0 Å². The number of benzene rings is 6. The summed E-state index contributed by atoms with van der Waals surface area (Å²) in [5.74, 6) is 0. The summed E-state index contributed by atoms with van der Waals surface area (Å²) in [6.07, 6.45) is 8.02. The standard InChI is InChI=1S/C47H48O2/c1(2-4-24-38-48-46(40-26-12-6-13-27-40,41-28-14-7-15-29-41)42-30-16-8-17-31-42)3-5-25-39-49-47(43-32-18-9-19-33-43,44-34-20-10-21-35-44)45-36-22-11-23-37-45/h6-23,26-37H,1-5,24-25,38-39H2. The minimum atomic E-state index is -0.641. The lowest BCUT2D eigenvalue weighted by molar-refractivity contribution is 0.0101. The van der Waals surface area contributed by atoms with Gasteiger partial charge in [0.05, 0.1) is 0 Å². The topological polar surface area (TPSA) is 18.5 Å². The molecule has 0 aliphatic rings. The molecule has 0 bridgehead atoms. The van der Waals surface area contributed by atoms with Crippen molar-refractivity contribution in [1.29, 1.82) is 0 Å². The molecule has 248 valence electrons. The molecule has 2 nitrogen and oxygen atoms in total. The summed E-state index contributed by atoms with van der Waals surface area (Å²) in [4.78, 5) is 0. The van der Waals surface area contributed by atoms with E-state index in [4.69, 9.17) is 9.47 Å². The maximum atomic E-state index is 6.97. The molecule has 6 aromatic rings. The quantitative estimate of drug-likeness (QED) is 0.0685.